The van der Waals surface area contributed by atoms with E-state index < -0.39 is 65.1 Å². The van der Waals surface area contributed by atoms with E-state index in [2.05, 4.69) is 10.6 Å². The highest BCUT2D eigenvalue weighted by Crippen LogP contribution is 2.49. The second kappa shape index (κ2) is 21.3. The van der Waals surface area contributed by atoms with Gasteiger partial charge in [-0.1, -0.05) is 48.4 Å². The number of rotatable bonds is 12. The largest absolute Gasteiger partial charge is 0.457 e. The molecule has 16 nitrogen and oxygen atoms in total. The summed E-state index contributed by atoms with van der Waals surface area (Å²) in [5.41, 5.74) is 0.109. The summed E-state index contributed by atoms with van der Waals surface area (Å²) < 4.78 is 29.7. The van der Waals surface area contributed by atoms with Gasteiger partial charge in [-0.25, -0.2) is 9.59 Å². The zero-order valence-corrected chi connectivity index (χ0v) is 40.3. The van der Waals surface area contributed by atoms with Crippen LogP contribution in [0.15, 0.2) is 35.9 Å². The van der Waals surface area contributed by atoms with Crippen molar-refractivity contribution in [2.24, 2.45) is 17.8 Å². The van der Waals surface area contributed by atoms with Gasteiger partial charge < -0.3 is 39.0 Å². The average Bonchev–Trinajstić information content (AvgIpc) is 3.90. The van der Waals surface area contributed by atoms with E-state index in [4.69, 9.17) is 35.3 Å². The molecule has 3 N–H and O–H groups in total. The number of anilines is 1. The number of methoxy groups -OCH3 is 1. The fourth-order valence-corrected chi connectivity index (χ4v) is 10.9. The Bertz CT molecular complexity index is 2040. The molecule has 4 bridgehead atoms. The lowest BCUT2D eigenvalue weighted by Gasteiger charge is -2.42. The number of halogens is 1. The van der Waals surface area contributed by atoms with Crippen molar-refractivity contribution in [3.05, 3.63) is 52.1 Å². The highest BCUT2D eigenvalue weighted by molar-refractivity contribution is 8.00. The lowest BCUT2D eigenvalue weighted by Crippen LogP contribution is -2.63. The topological polar surface area (TPSA) is 203 Å². The molecule has 18 heteroatoms. The Balaban J connectivity index is 1.10. The standard InChI is InChI=1S/C47H65ClN4O12S/c1-26-11-9-12-36(60-8)47(59)24-34(62-45(58)50-47)28(3)41-46(5,64-41)37(23-38(53)51(7)33-21-31(19-26)20-27(2)40(33)48)63-44(57)29(4)61-17-10-18-65-35-22-39(54)52(43(35)56)25-30-13-15-32(16-14-30)42(55)49-6/h9,11-12,20-21,28-30,32,34-37,41,59H,10,13-19,22-25H2,1-8H3,(H,49,55)(H,50,58)/b12-9+,26-11+/t28-,29-,30-,32-,34+,35?,36-,37+,41+,46+,47+/m1/s1. The first-order chi connectivity index (χ1) is 30.8. The van der Waals surface area contributed by atoms with Crippen LogP contribution in [0.5, 0.6) is 0 Å². The molecular formula is C47H65ClN4O12S. The van der Waals surface area contributed by atoms with Crippen LogP contribution in [-0.4, -0.2) is 133 Å². The van der Waals surface area contributed by atoms with Gasteiger partial charge in [0, 0.05) is 59.0 Å². The van der Waals surface area contributed by atoms with E-state index in [1.165, 1.54) is 28.7 Å². The number of carbonyl (C=O) groups is 6. The Morgan fingerprint density at radius 2 is 1.83 bits per heavy atom. The molecule has 1 aromatic rings. The van der Waals surface area contributed by atoms with Crippen molar-refractivity contribution >= 4 is 64.7 Å². The number of carbonyl (C=O) groups excluding carboxylic acids is 6. The van der Waals surface area contributed by atoms with Gasteiger partial charge in [-0.3, -0.25) is 29.4 Å². The molecule has 1 unspecified atom stereocenters. The molecule has 5 aliphatic rings. The van der Waals surface area contributed by atoms with Crippen LogP contribution in [0, 0.1) is 24.7 Å². The fraction of sp³-hybridized carbons (Fsp3) is 0.660. The van der Waals surface area contributed by atoms with Gasteiger partial charge in [-0.15, -0.1) is 11.8 Å². The molecule has 3 saturated heterocycles. The summed E-state index contributed by atoms with van der Waals surface area (Å²) in [7, 11) is 4.69. The van der Waals surface area contributed by atoms with E-state index in [9.17, 15) is 33.9 Å². The van der Waals surface area contributed by atoms with Gasteiger partial charge in [0.15, 0.2) is 11.8 Å². The van der Waals surface area contributed by atoms with Crippen LogP contribution in [0.2, 0.25) is 5.02 Å². The number of ether oxygens (including phenoxy) is 5. The van der Waals surface area contributed by atoms with Crippen LogP contribution in [0.4, 0.5) is 10.5 Å². The third-order valence-electron chi connectivity index (χ3n) is 13.6. The molecule has 5 amide bonds. The molecule has 65 heavy (non-hydrogen) atoms. The Morgan fingerprint density at radius 1 is 1.11 bits per heavy atom. The number of thioether (sulfide) groups is 1. The predicted octanol–water partition coefficient (Wildman–Crippen LogP) is 5.18. The van der Waals surface area contributed by atoms with Crippen molar-refractivity contribution in [3.63, 3.8) is 0 Å². The maximum Gasteiger partial charge on any atom is 0.409 e. The summed E-state index contributed by atoms with van der Waals surface area (Å²) in [6.45, 7) is 9.47. The predicted molar refractivity (Wildman–Crippen MR) is 244 cm³/mol. The SMILES string of the molecule is CNC(=O)[C@H]1CC[C@H](CN2C(=O)CC(SCCCO[C@H](C)C(=O)O[C@H]3CC(=O)N(C)c4cc(cc(C)c4Cl)C/C(C)=C/C=C/[C@@H](OC)[C@@]4(O)C[C@H](OC(=O)N4)[C@@H](C)[C@@H]4O[C@@]34C)C2=O)CC1. The molecule has 358 valence electrons. The van der Waals surface area contributed by atoms with Crippen LogP contribution in [-0.2, 0) is 54.1 Å². The number of alkyl carbamates (subject to hydrolysis) is 1. The number of nitrogens with zero attached hydrogens (tertiary/aromatic N) is 2. The van der Waals surface area contributed by atoms with Gasteiger partial charge in [0.05, 0.1) is 28.5 Å². The minimum atomic E-state index is -1.83. The average molecular weight is 946 g/mol. The Kier molecular flexibility index (Phi) is 16.5. The second-order valence-electron chi connectivity index (χ2n) is 18.4. The Hall–Kier alpha value is -4.00. The Labute approximate surface area is 390 Å². The van der Waals surface area contributed by atoms with Crippen molar-refractivity contribution in [2.45, 2.75) is 140 Å². The molecule has 1 aliphatic carbocycles. The number of aliphatic hydroxyl groups is 1. The summed E-state index contributed by atoms with van der Waals surface area (Å²) >= 11 is 8.20. The fourth-order valence-electron chi connectivity index (χ4n) is 9.54. The van der Waals surface area contributed by atoms with Gasteiger partial charge in [-0.2, -0.15) is 0 Å². The van der Waals surface area contributed by atoms with Gasteiger partial charge in [0.2, 0.25) is 23.6 Å². The lowest BCUT2D eigenvalue weighted by molar-refractivity contribution is -0.165. The van der Waals surface area contributed by atoms with Crippen LogP contribution >= 0.6 is 23.4 Å². The van der Waals surface area contributed by atoms with E-state index in [0.717, 1.165) is 42.4 Å². The molecule has 0 aromatic heterocycles. The van der Waals surface area contributed by atoms with Crippen molar-refractivity contribution in [2.75, 3.05) is 45.0 Å². The van der Waals surface area contributed by atoms with E-state index in [1.54, 1.807) is 40.1 Å². The summed E-state index contributed by atoms with van der Waals surface area (Å²) in [5, 5.41) is 16.9. The number of hydrogen-bond acceptors (Lipinski definition) is 13. The normalized spacial score (nSPS) is 33.8. The van der Waals surface area contributed by atoms with E-state index in [1.807, 2.05) is 39.0 Å². The van der Waals surface area contributed by atoms with E-state index >= 15 is 0 Å². The molecular weight excluding hydrogens is 880 g/mol. The quantitative estimate of drug-likeness (QED) is 0.107. The highest BCUT2D eigenvalue weighted by atomic mass is 35.5. The van der Waals surface area contributed by atoms with Crippen molar-refractivity contribution in [1.29, 1.82) is 0 Å². The first-order valence-electron chi connectivity index (χ1n) is 22.6. The number of epoxide rings is 1. The molecule has 9 atom stereocenters. The minimum Gasteiger partial charge on any atom is -0.457 e. The van der Waals surface area contributed by atoms with Gasteiger partial charge >= 0.3 is 12.1 Å². The highest BCUT2D eigenvalue weighted by Gasteiger charge is 2.64. The smallest absolute Gasteiger partial charge is 0.409 e. The lowest BCUT2D eigenvalue weighted by atomic mass is 9.81. The number of esters is 1. The van der Waals surface area contributed by atoms with Gasteiger partial charge in [0.25, 0.3) is 0 Å². The maximum atomic E-state index is 14.2. The molecule has 6 rings (SSSR count). The first kappa shape index (κ1) is 50.4. The maximum absolute atomic E-state index is 14.2. The summed E-state index contributed by atoms with van der Waals surface area (Å²) in [5.74, 6) is -1.28. The molecule has 0 spiro atoms. The van der Waals surface area contributed by atoms with Crippen molar-refractivity contribution in [3.8, 4) is 0 Å². The first-order valence-corrected chi connectivity index (χ1v) is 24.0. The second-order valence-corrected chi connectivity index (χ2v) is 20.1. The number of hydrogen-bond donors (Lipinski definition) is 3. The summed E-state index contributed by atoms with van der Waals surface area (Å²) in [6.07, 6.45) is 3.80. The van der Waals surface area contributed by atoms with Crippen molar-refractivity contribution in [1.82, 2.24) is 15.5 Å². The third-order valence-corrected chi connectivity index (χ3v) is 15.4. The molecule has 1 saturated carbocycles. The summed E-state index contributed by atoms with van der Waals surface area (Å²) in [6, 6.07) is 3.81. The molecule has 1 aromatic carbocycles. The number of nitrogens with one attached hydrogen (secondary N) is 2. The number of likely N-dealkylation sites (tertiary alicyclic amines) is 1. The van der Waals surface area contributed by atoms with Crippen LogP contribution in [0.3, 0.4) is 0 Å². The van der Waals surface area contributed by atoms with Crippen molar-refractivity contribution < 1.29 is 57.6 Å². The number of imide groups is 1. The van der Waals surface area contributed by atoms with Crippen LogP contribution in [0.1, 0.15) is 90.2 Å². The van der Waals surface area contributed by atoms with Crippen LogP contribution < -0.4 is 15.5 Å². The molecule has 4 fully saturated rings. The third kappa shape index (κ3) is 11.8. The number of aryl methyl sites for hydroxylation is 1. The van der Waals surface area contributed by atoms with Gasteiger partial charge in [0.1, 0.15) is 23.9 Å². The minimum absolute atomic E-state index is 0.0221. The number of amides is 5. The molecule has 4 aliphatic heterocycles. The zero-order valence-electron chi connectivity index (χ0n) is 38.7. The number of allylic oxidation sites excluding steroid dienone is 3. The van der Waals surface area contributed by atoms with E-state index in [-0.39, 0.29) is 61.3 Å². The number of benzene rings is 1. The molecule has 4 heterocycles. The van der Waals surface area contributed by atoms with E-state index in [0.29, 0.717) is 35.8 Å². The molecule has 0 radical (unpaired) electrons. The van der Waals surface area contributed by atoms with Crippen LogP contribution in [0.25, 0.3) is 0 Å². The zero-order chi connectivity index (χ0) is 47.4. The monoisotopic (exact) mass is 944 g/mol. The Morgan fingerprint density at radius 3 is 2.52 bits per heavy atom. The number of fused-ring (bicyclic) bond motifs is 5. The van der Waals surface area contributed by atoms with Gasteiger partial charge in [-0.05, 0) is 95.1 Å². The summed E-state index contributed by atoms with van der Waals surface area (Å²) in [4.78, 5) is 81.9.